The van der Waals surface area contributed by atoms with Gasteiger partial charge in [0.2, 0.25) is 0 Å². The van der Waals surface area contributed by atoms with Crippen molar-refractivity contribution in [2.75, 3.05) is 5.32 Å². The third kappa shape index (κ3) is 3.09. The molecule has 0 aliphatic carbocycles. The van der Waals surface area contributed by atoms with Crippen LogP contribution in [0.15, 0.2) is 41.1 Å². The van der Waals surface area contributed by atoms with Crippen LogP contribution in [0.3, 0.4) is 0 Å². The fourth-order valence-corrected chi connectivity index (χ4v) is 2.36. The molecule has 3 nitrogen and oxygen atoms in total. The maximum absolute atomic E-state index is 12.0. The van der Waals surface area contributed by atoms with Crippen LogP contribution >= 0.6 is 27.5 Å². The van der Waals surface area contributed by atoms with Gasteiger partial charge in [-0.1, -0.05) is 11.6 Å². The van der Waals surface area contributed by atoms with Crippen molar-refractivity contribution < 1.29 is 4.79 Å². The number of rotatable bonds is 2. The van der Waals surface area contributed by atoms with E-state index >= 15 is 0 Å². The number of anilines is 1. The molecule has 92 valence electrons. The van der Waals surface area contributed by atoms with Crippen LogP contribution in [0.4, 0.5) is 5.69 Å². The average Bonchev–Trinajstić information content (AvgIpc) is 2.28. The van der Waals surface area contributed by atoms with Crippen molar-refractivity contribution in [3.63, 3.8) is 0 Å². The predicted octanol–water partition coefficient (Wildman–Crippen LogP) is 4.06. The predicted molar refractivity (Wildman–Crippen MR) is 76.1 cm³/mol. The number of halogens is 2. The van der Waals surface area contributed by atoms with Crippen LogP contribution in [0.2, 0.25) is 5.02 Å². The first-order valence-corrected chi connectivity index (χ1v) is 6.41. The summed E-state index contributed by atoms with van der Waals surface area (Å²) < 4.78 is 0.660. The molecule has 0 spiro atoms. The Kier molecular flexibility index (Phi) is 3.99. The molecule has 0 bridgehead atoms. The Labute approximate surface area is 118 Å². The molecule has 5 heteroatoms. The second-order valence-corrected chi connectivity index (χ2v) is 5.12. The second-order valence-electron chi connectivity index (χ2n) is 3.83. The van der Waals surface area contributed by atoms with Crippen LogP contribution in [0, 0.1) is 6.92 Å². The normalized spacial score (nSPS) is 10.2. The molecule has 0 saturated heterocycles. The van der Waals surface area contributed by atoms with E-state index in [1.54, 1.807) is 30.6 Å². The number of hydrogen-bond acceptors (Lipinski definition) is 2. The van der Waals surface area contributed by atoms with Gasteiger partial charge in [0, 0.05) is 15.7 Å². The molecule has 0 fully saturated rings. The highest BCUT2D eigenvalue weighted by Gasteiger charge is 2.10. The lowest BCUT2D eigenvalue weighted by atomic mass is 10.2. The van der Waals surface area contributed by atoms with E-state index < -0.39 is 0 Å². The van der Waals surface area contributed by atoms with Crippen molar-refractivity contribution in [3.05, 3.63) is 57.3 Å². The number of nitrogens with zero attached hydrogens (tertiary/aromatic N) is 1. The summed E-state index contributed by atoms with van der Waals surface area (Å²) >= 11 is 9.15. The maximum atomic E-state index is 12.0. The van der Waals surface area contributed by atoms with Crippen LogP contribution in [-0.2, 0) is 0 Å². The van der Waals surface area contributed by atoms with Gasteiger partial charge in [-0.25, -0.2) is 0 Å². The van der Waals surface area contributed by atoms with Crippen LogP contribution in [0.5, 0.6) is 0 Å². The molecule has 0 aliphatic heterocycles. The summed E-state index contributed by atoms with van der Waals surface area (Å²) in [5.74, 6) is -0.203. The van der Waals surface area contributed by atoms with Crippen molar-refractivity contribution in [3.8, 4) is 0 Å². The fourth-order valence-electron chi connectivity index (χ4n) is 1.50. The molecular weight excluding hydrogens is 316 g/mol. The first kappa shape index (κ1) is 13.1. The molecule has 0 radical (unpaired) electrons. The largest absolute Gasteiger partial charge is 0.321 e. The van der Waals surface area contributed by atoms with Crippen molar-refractivity contribution in [1.82, 2.24) is 4.98 Å². The first-order chi connectivity index (χ1) is 8.56. The van der Waals surface area contributed by atoms with E-state index in [2.05, 4.69) is 26.2 Å². The van der Waals surface area contributed by atoms with Gasteiger partial charge in [0.05, 0.1) is 17.4 Å². The maximum Gasteiger partial charge on any atom is 0.256 e. The van der Waals surface area contributed by atoms with Crippen LogP contribution in [0.25, 0.3) is 0 Å². The van der Waals surface area contributed by atoms with Gasteiger partial charge in [0.15, 0.2) is 0 Å². The third-order valence-electron chi connectivity index (χ3n) is 2.31. The molecule has 0 atom stereocenters. The van der Waals surface area contributed by atoms with Gasteiger partial charge in [-0.15, -0.1) is 0 Å². The highest BCUT2D eigenvalue weighted by molar-refractivity contribution is 9.10. The lowest BCUT2D eigenvalue weighted by molar-refractivity contribution is 0.102. The zero-order valence-corrected chi connectivity index (χ0v) is 11.9. The summed E-state index contributed by atoms with van der Waals surface area (Å²) in [5.41, 5.74) is 2.19. The topological polar surface area (TPSA) is 42.0 Å². The lowest BCUT2D eigenvalue weighted by Gasteiger charge is -2.07. The van der Waals surface area contributed by atoms with Gasteiger partial charge >= 0.3 is 0 Å². The third-order valence-corrected chi connectivity index (χ3v) is 3.20. The molecule has 18 heavy (non-hydrogen) atoms. The zero-order chi connectivity index (χ0) is 13.1. The second kappa shape index (κ2) is 5.50. The Morgan fingerprint density at radius 2 is 2.11 bits per heavy atom. The summed E-state index contributed by atoms with van der Waals surface area (Å²) in [6.07, 6.45) is 3.34. The smallest absolute Gasteiger partial charge is 0.256 e. The van der Waals surface area contributed by atoms with Gasteiger partial charge in [-0.2, -0.15) is 0 Å². The monoisotopic (exact) mass is 324 g/mol. The van der Waals surface area contributed by atoms with Gasteiger partial charge in [-0.05, 0) is 52.7 Å². The van der Waals surface area contributed by atoms with Crippen molar-refractivity contribution in [2.45, 2.75) is 6.92 Å². The highest BCUT2D eigenvalue weighted by atomic mass is 79.9. The number of carbonyl (C=O) groups excluding carboxylic acids is 1. The van der Waals surface area contributed by atoms with Crippen LogP contribution in [-0.4, -0.2) is 10.9 Å². The molecule has 1 N–H and O–H groups in total. The summed E-state index contributed by atoms with van der Waals surface area (Å²) in [6, 6.07) is 6.89. The van der Waals surface area contributed by atoms with Gasteiger partial charge in [0.25, 0.3) is 5.91 Å². The lowest BCUT2D eigenvalue weighted by Crippen LogP contribution is -2.12. The minimum absolute atomic E-state index is 0.203. The highest BCUT2D eigenvalue weighted by Crippen LogP contribution is 2.22. The quantitative estimate of drug-likeness (QED) is 0.905. The van der Waals surface area contributed by atoms with Gasteiger partial charge in [0.1, 0.15) is 0 Å². The SMILES string of the molecule is Cc1cncc(NC(=O)c2ccc(Cl)cc2Br)c1. The Morgan fingerprint density at radius 3 is 2.78 bits per heavy atom. The first-order valence-electron chi connectivity index (χ1n) is 5.24. The fraction of sp³-hybridized carbons (Fsp3) is 0.0769. The summed E-state index contributed by atoms with van der Waals surface area (Å²) in [7, 11) is 0. The van der Waals surface area contributed by atoms with E-state index in [0.717, 1.165) is 5.56 Å². The van der Waals surface area contributed by atoms with E-state index in [-0.39, 0.29) is 5.91 Å². The molecule has 0 saturated carbocycles. The average molecular weight is 326 g/mol. The Balaban J connectivity index is 2.22. The number of pyridine rings is 1. The summed E-state index contributed by atoms with van der Waals surface area (Å²) in [4.78, 5) is 16.1. The number of nitrogens with one attached hydrogen (secondary N) is 1. The van der Waals surface area contributed by atoms with Gasteiger partial charge in [-0.3, -0.25) is 9.78 Å². The standard InChI is InChI=1S/C13H10BrClN2O/c1-8-4-10(7-16-6-8)17-13(18)11-3-2-9(15)5-12(11)14/h2-7H,1H3,(H,17,18). The van der Waals surface area contributed by atoms with Crippen molar-refractivity contribution >= 4 is 39.1 Å². The summed E-state index contributed by atoms with van der Waals surface area (Å²) in [5, 5.41) is 3.36. The number of aromatic nitrogens is 1. The molecule has 1 heterocycles. The molecule has 1 aromatic heterocycles. The van der Waals surface area contributed by atoms with Crippen molar-refractivity contribution in [1.29, 1.82) is 0 Å². The molecule has 1 amide bonds. The van der Waals surface area contributed by atoms with Crippen molar-refractivity contribution in [2.24, 2.45) is 0 Å². The van der Waals surface area contributed by atoms with E-state index in [0.29, 0.717) is 20.7 Å². The Hall–Kier alpha value is -1.39. The zero-order valence-electron chi connectivity index (χ0n) is 9.58. The number of carbonyl (C=O) groups is 1. The Morgan fingerprint density at radius 1 is 1.33 bits per heavy atom. The van der Waals surface area contributed by atoms with Crippen LogP contribution in [0.1, 0.15) is 15.9 Å². The molecular formula is C13H10BrClN2O. The minimum atomic E-state index is -0.203. The van der Waals surface area contributed by atoms with E-state index in [1.165, 1.54) is 0 Å². The molecule has 2 rings (SSSR count). The molecule has 1 aromatic carbocycles. The van der Waals surface area contributed by atoms with E-state index in [9.17, 15) is 4.79 Å². The number of aryl methyl sites for hydroxylation is 1. The number of hydrogen-bond donors (Lipinski definition) is 1. The Bertz CT molecular complexity index is 601. The molecule has 0 unspecified atom stereocenters. The minimum Gasteiger partial charge on any atom is -0.321 e. The van der Waals surface area contributed by atoms with Gasteiger partial charge < -0.3 is 5.32 Å². The number of amides is 1. The summed E-state index contributed by atoms with van der Waals surface area (Å²) in [6.45, 7) is 1.92. The molecule has 2 aromatic rings. The van der Waals surface area contributed by atoms with E-state index in [4.69, 9.17) is 11.6 Å². The van der Waals surface area contributed by atoms with E-state index in [1.807, 2.05) is 13.0 Å². The number of benzene rings is 1. The van der Waals surface area contributed by atoms with Crippen LogP contribution < -0.4 is 5.32 Å². The molecule has 0 aliphatic rings.